The Kier molecular flexibility index (Phi) is 5.55. The Morgan fingerprint density at radius 1 is 1.15 bits per heavy atom. The summed E-state index contributed by atoms with van der Waals surface area (Å²) in [5, 5.41) is 0. The summed E-state index contributed by atoms with van der Waals surface area (Å²) < 4.78 is 5.51. The van der Waals surface area contributed by atoms with Gasteiger partial charge in [0.25, 0.3) is 0 Å². The second-order valence-electron chi connectivity index (χ2n) is 7.69. The monoisotopic (exact) mass is 367 g/mol. The Bertz CT molecular complexity index is 739. The smallest absolute Gasteiger partial charge is 0.222 e. The molecular formula is C21H29N5O. The molecule has 144 valence electrons. The summed E-state index contributed by atoms with van der Waals surface area (Å²) in [5.41, 5.74) is 8.39. The first-order chi connectivity index (χ1) is 13.2. The molecular weight excluding hydrogens is 338 g/mol. The van der Waals surface area contributed by atoms with E-state index >= 15 is 0 Å². The molecule has 0 radical (unpaired) electrons. The summed E-state index contributed by atoms with van der Waals surface area (Å²) in [4.78, 5) is 13.8. The SMILES string of the molecule is CN(Cc1ccccc1)C1CCN(c2cc(C3CCOC3)nc(N)n2)CC1. The zero-order valence-electron chi connectivity index (χ0n) is 16.1. The minimum absolute atomic E-state index is 0.351. The van der Waals surface area contributed by atoms with E-state index in [2.05, 4.69) is 63.2 Å². The molecule has 0 spiro atoms. The van der Waals surface area contributed by atoms with Crippen LogP contribution < -0.4 is 10.6 Å². The summed E-state index contributed by atoms with van der Waals surface area (Å²) in [6.45, 7) is 4.55. The van der Waals surface area contributed by atoms with Crippen molar-refractivity contribution in [2.75, 3.05) is 44.0 Å². The third kappa shape index (κ3) is 4.39. The fourth-order valence-electron chi connectivity index (χ4n) is 4.15. The molecule has 0 bridgehead atoms. The highest BCUT2D eigenvalue weighted by molar-refractivity contribution is 5.45. The zero-order valence-corrected chi connectivity index (χ0v) is 16.1. The summed E-state index contributed by atoms with van der Waals surface area (Å²) in [7, 11) is 2.23. The molecule has 2 fully saturated rings. The van der Waals surface area contributed by atoms with Crippen LogP contribution in [0.25, 0.3) is 0 Å². The van der Waals surface area contributed by atoms with Crippen LogP contribution in [0.4, 0.5) is 11.8 Å². The number of rotatable bonds is 5. The molecule has 0 saturated carbocycles. The highest BCUT2D eigenvalue weighted by Crippen LogP contribution is 2.28. The lowest BCUT2D eigenvalue weighted by atomic mass is 10.0. The van der Waals surface area contributed by atoms with Crippen LogP contribution in [0.5, 0.6) is 0 Å². The molecule has 3 heterocycles. The summed E-state index contributed by atoms with van der Waals surface area (Å²) in [6, 6.07) is 13.4. The number of nitrogens with two attached hydrogens (primary N) is 1. The summed E-state index contributed by atoms with van der Waals surface area (Å²) >= 11 is 0. The molecule has 2 saturated heterocycles. The number of hydrogen-bond donors (Lipinski definition) is 1. The summed E-state index contributed by atoms with van der Waals surface area (Å²) in [5.74, 6) is 1.69. The molecule has 27 heavy (non-hydrogen) atoms. The van der Waals surface area contributed by atoms with Crippen molar-refractivity contribution in [3.05, 3.63) is 47.7 Å². The van der Waals surface area contributed by atoms with Gasteiger partial charge in [-0.05, 0) is 31.9 Å². The molecule has 0 amide bonds. The quantitative estimate of drug-likeness (QED) is 0.876. The van der Waals surface area contributed by atoms with E-state index in [0.717, 1.165) is 63.6 Å². The second-order valence-corrected chi connectivity index (χ2v) is 7.69. The maximum absolute atomic E-state index is 6.00. The predicted octanol–water partition coefficient (Wildman–Crippen LogP) is 2.66. The molecule has 0 aliphatic carbocycles. The van der Waals surface area contributed by atoms with Crippen LogP contribution in [0.3, 0.4) is 0 Å². The Morgan fingerprint density at radius 2 is 1.93 bits per heavy atom. The van der Waals surface area contributed by atoms with E-state index in [9.17, 15) is 0 Å². The maximum atomic E-state index is 6.00. The average Bonchev–Trinajstić information content (AvgIpc) is 3.23. The molecule has 2 N–H and O–H groups in total. The third-order valence-electron chi connectivity index (χ3n) is 5.78. The average molecular weight is 367 g/mol. The number of nitrogen functional groups attached to an aromatic ring is 1. The van der Waals surface area contributed by atoms with E-state index in [1.54, 1.807) is 0 Å². The van der Waals surface area contributed by atoms with Crippen LogP contribution in [0.2, 0.25) is 0 Å². The third-order valence-corrected chi connectivity index (χ3v) is 5.78. The van der Waals surface area contributed by atoms with Gasteiger partial charge in [-0.1, -0.05) is 30.3 Å². The molecule has 2 aromatic rings. The number of nitrogens with zero attached hydrogens (tertiary/aromatic N) is 4. The van der Waals surface area contributed by atoms with E-state index in [1.165, 1.54) is 5.56 Å². The first-order valence-electron chi connectivity index (χ1n) is 9.90. The van der Waals surface area contributed by atoms with E-state index < -0.39 is 0 Å². The zero-order chi connectivity index (χ0) is 18.6. The van der Waals surface area contributed by atoms with Gasteiger partial charge in [0.15, 0.2) is 0 Å². The minimum atomic E-state index is 0.351. The lowest BCUT2D eigenvalue weighted by molar-refractivity contribution is 0.193. The first kappa shape index (κ1) is 18.2. The number of benzene rings is 1. The van der Waals surface area contributed by atoms with E-state index in [0.29, 0.717) is 17.9 Å². The predicted molar refractivity (Wildman–Crippen MR) is 108 cm³/mol. The van der Waals surface area contributed by atoms with Crippen LogP contribution in [-0.4, -0.2) is 54.3 Å². The van der Waals surface area contributed by atoms with Crippen molar-refractivity contribution >= 4 is 11.8 Å². The van der Waals surface area contributed by atoms with Gasteiger partial charge in [-0.3, -0.25) is 4.90 Å². The van der Waals surface area contributed by atoms with Crippen molar-refractivity contribution in [2.24, 2.45) is 0 Å². The molecule has 2 aliphatic heterocycles. The van der Waals surface area contributed by atoms with Crippen LogP contribution in [0, 0.1) is 0 Å². The minimum Gasteiger partial charge on any atom is -0.381 e. The molecule has 2 aliphatic rings. The van der Waals surface area contributed by atoms with Gasteiger partial charge in [-0.2, -0.15) is 4.98 Å². The van der Waals surface area contributed by atoms with Crippen molar-refractivity contribution in [2.45, 2.75) is 37.8 Å². The van der Waals surface area contributed by atoms with Crippen molar-refractivity contribution in [3.8, 4) is 0 Å². The van der Waals surface area contributed by atoms with Gasteiger partial charge in [0.1, 0.15) is 5.82 Å². The Labute approximate surface area is 161 Å². The first-order valence-corrected chi connectivity index (χ1v) is 9.90. The van der Waals surface area contributed by atoms with Crippen LogP contribution in [0.15, 0.2) is 36.4 Å². The van der Waals surface area contributed by atoms with Gasteiger partial charge in [-0.25, -0.2) is 4.98 Å². The van der Waals surface area contributed by atoms with Gasteiger partial charge in [0, 0.05) is 44.3 Å². The van der Waals surface area contributed by atoms with Gasteiger partial charge in [-0.15, -0.1) is 0 Å². The van der Waals surface area contributed by atoms with E-state index in [-0.39, 0.29) is 0 Å². The van der Waals surface area contributed by atoms with Crippen molar-refractivity contribution in [1.29, 1.82) is 0 Å². The lowest BCUT2D eigenvalue weighted by Crippen LogP contribution is -2.43. The fraction of sp³-hybridized carbons (Fsp3) is 0.524. The number of ether oxygens (including phenoxy) is 1. The van der Waals surface area contributed by atoms with E-state index in [4.69, 9.17) is 10.5 Å². The largest absolute Gasteiger partial charge is 0.381 e. The van der Waals surface area contributed by atoms with Gasteiger partial charge < -0.3 is 15.4 Å². The van der Waals surface area contributed by atoms with Gasteiger partial charge in [0.05, 0.1) is 12.3 Å². The molecule has 1 atom stereocenters. The van der Waals surface area contributed by atoms with Crippen molar-refractivity contribution < 1.29 is 4.74 Å². The Balaban J connectivity index is 1.37. The lowest BCUT2D eigenvalue weighted by Gasteiger charge is -2.37. The standard InChI is InChI=1S/C21H29N5O/c1-25(14-16-5-3-2-4-6-16)18-7-10-26(11-8-18)20-13-19(23-21(22)24-20)17-9-12-27-15-17/h2-6,13,17-18H,7-12,14-15H2,1H3,(H2,22,23,24). The molecule has 6 heteroatoms. The maximum Gasteiger partial charge on any atom is 0.222 e. The second kappa shape index (κ2) is 8.23. The van der Waals surface area contributed by atoms with Crippen LogP contribution >= 0.6 is 0 Å². The number of aromatic nitrogens is 2. The Hall–Kier alpha value is -2.18. The van der Waals surface area contributed by atoms with Gasteiger partial charge in [0.2, 0.25) is 5.95 Å². The molecule has 6 nitrogen and oxygen atoms in total. The normalized spacial score (nSPS) is 21.1. The van der Waals surface area contributed by atoms with E-state index in [1.807, 2.05) is 0 Å². The molecule has 1 unspecified atom stereocenters. The fourth-order valence-corrected chi connectivity index (χ4v) is 4.15. The Morgan fingerprint density at radius 3 is 2.63 bits per heavy atom. The van der Waals surface area contributed by atoms with Crippen molar-refractivity contribution in [3.63, 3.8) is 0 Å². The van der Waals surface area contributed by atoms with Crippen molar-refractivity contribution in [1.82, 2.24) is 14.9 Å². The van der Waals surface area contributed by atoms with Crippen LogP contribution in [0.1, 0.15) is 36.4 Å². The van der Waals surface area contributed by atoms with Crippen LogP contribution in [-0.2, 0) is 11.3 Å². The number of anilines is 2. The molecule has 4 rings (SSSR count). The summed E-state index contributed by atoms with van der Waals surface area (Å²) in [6.07, 6.45) is 3.28. The molecule has 1 aromatic carbocycles. The number of hydrogen-bond acceptors (Lipinski definition) is 6. The highest BCUT2D eigenvalue weighted by Gasteiger charge is 2.25. The highest BCUT2D eigenvalue weighted by atomic mass is 16.5. The van der Waals surface area contributed by atoms with Gasteiger partial charge >= 0.3 is 0 Å². The topological polar surface area (TPSA) is 67.5 Å². The number of piperidine rings is 1. The molecule has 1 aromatic heterocycles.